The Labute approximate surface area is 122 Å². The van der Waals surface area contributed by atoms with Crippen LogP contribution < -0.4 is 5.73 Å². The number of amides is 2. The minimum absolute atomic E-state index is 0. The van der Waals surface area contributed by atoms with Crippen LogP contribution in [0.15, 0.2) is 24.3 Å². The Morgan fingerprint density at radius 2 is 1.89 bits per heavy atom. The Balaban J connectivity index is 0.00000180. The summed E-state index contributed by atoms with van der Waals surface area (Å²) in [6.07, 6.45) is -1.03. The van der Waals surface area contributed by atoms with E-state index in [9.17, 15) is 9.59 Å². The van der Waals surface area contributed by atoms with Crippen LogP contribution in [0.5, 0.6) is 0 Å². The first-order chi connectivity index (χ1) is 8.61. The number of nitrogens with two attached hydrogens (primary N) is 1. The summed E-state index contributed by atoms with van der Waals surface area (Å²) in [6.45, 7) is 0.420. The van der Waals surface area contributed by atoms with E-state index in [2.05, 4.69) is 0 Å². The molecule has 1 heterocycles. The highest BCUT2D eigenvalue weighted by atomic mass is 35.5. The van der Waals surface area contributed by atoms with Gasteiger partial charge in [0.05, 0.1) is 0 Å². The maximum absolute atomic E-state index is 11.9. The topological polar surface area (TPSA) is 72.6 Å². The number of nitrogens with zero attached hydrogens (tertiary/aromatic N) is 1. The van der Waals surface area contributed by atoms with Gasteiger partial charge >= 0.3 is 6.09 Å². The number of hydrogen-bond acceptors (Lipinski definition) is 4. The Morgan fingerprint density at radius 3 is 2.47 bits per heavy atom. The number of carbonyl (C=O) groups is 2. The van der Waals surface area contributed by atoms with Gasteiger partial charge in [0, 0.05) is 24.5 Å². The van der Waals surface area contributed by atoms with Crippen molar-refractivity contribution in [3.63, 3.8) is 0 Å². The number of ether oxygens (including phenoxy) is 1. The quantitative estimate of drug-likeness (QED) is 0.917. The van der Waals surface area contributed by atoms with E-state index >= 15 is 0 Å². The van der Waals surface area contributed by atoms with Gasteiger partial charge in [-0.15, -0.1) is 12.4 Å². The molecule has 0 aromatic heterocycles. The maximum Gasteiger partial charge on any atom is 0.417 e. The van der Waals surface area contributed by atoms with Crippen molar-refractivity contribution in [1.82, 2.24) is 4.90 Å². The molecular formula is C12H14Cl2N2O3. The zero-order valence-electron chi connectivity index (χ0n) is 10.0. The predicted molar refractivity (Wildman–Crippen MR) is 73.4 cm³/mol. The van der Waals surface area contributed by atoms with Gasteiger partial charge in [-0.25, -0.2) is 9.69 Å². The van der Waals surface area contributed by atoms with Gasteiger partial charge < -0.3 is 10.5 Å². The van der Waals surface area contributed by atoms with Crippen LogP contribution in [0.25, 0.3) is 0 Å². The minimum Gasteiger partial charge on any atom is -0.435 e. The Bertz CT molecular complexity index is 465. The second-order valence-corrected chi connectivity index (χ2v) is 4.42. The Morgan fingerprint density at radius 1 is 1.26 bits per heavy atom. The van der Waals surface area contributed by atoms with Crippen LogP contribution in [0.3, 0.4) is 0 Å². The summed E-state index contributed by atoms with van der Waals surface area (Å²) in [7, 11) is 0. The molecule has 1 aromatic carbocycles. The van der Waals surface area contributed by atoms with Crippen LogP contribution in [-0.4, -0.2) is 36.1 Å². The second-order valence-electron chi connectivity index (χ2n) is 3.98. The standard InChI is InChI=1S/C12H13ClN2O3.ClH/c13-9-3-1-8(2-4-9)7-10-11(16)15(6-5-14)12(17)18-10;/h1-4,10H,5-7,14H2;1H. The van der Waals surface area contributed by atoms with E-state index in [0.29, 0.717) is 11.4 Å². The van der Waals surface area contributed by atoms with E-state index in [4.69, 9.17) is 22.1 Å². The third-order valence-electron chi connectivity index (χ3n) is 2.69. The minimum atomic E-state index is -0.759. The van der Waals surface area contributed by atoms with E-state index in [1.807, 2.05) is 0 Å². The molecule has 1 unspecified atom stereocenters. The molecule has 1 aromatic rings. The Kier molecular flexibility index (Phi) is 5.60. The summed E-state index contributed by atoms with van der Waals surface area (Å²) >= 11 is 5.77. The summed E-state index contributed by atoms with van der Waals surface area (Å²) in [5.74, 6) is -0.333. The summed E-state index contributed by atoms with van der Waals surface area (Å²) in [4.78, 5) is 24.4. The van der Waals surface area contributed by atoms with Gasteiger partial charge in [-0.05, 0) is 17.7 Å². The second kappa shape index (κ2) is 6.75. The van der Waals surface area contributed by atoms with Crippen molar-refractivity contribution in [3.8, 4) is 0 Å². The third kappa shape index (κ3) is 3.59. The highest BCUT2D eigenvalue weighted by Gasteiger charge is 2.39. The van der Waals surface area contributed by atoms with Crippen LogP contribution in [0.1, 0.15) is 5.56 Å². The Hall–Kier alpha value is -1.30. The lowest BCUT2D eigenvalue weighted by Gasteiger charge is -2.09. The van der Waals surface area contributed by atoms with Crippen molar-refractivity contribution in [2.45, 2.75) is 12.5 Å². The number of hydrogen-bond donors (Lipinski definition) is 1. The molecule has 0 radical (unpaired) electrons. The SMILES string of the molecule is Cl.NCCN1C(=O)OC(Cc2ccc(Cl)cc2)C1=O. The number of benzene rings is 1. The third-order valence-corrected chi connectivity index (χ3v) is 2.94. The molecule has 2 rings (SSSR count). The number of rotatable bonds is 4. The fraction of sp³-hybridized carbons (Fsp3) is 0.333. The first kappa shape index (κ1) is 15.8. The summed E-state index contributed by atoms with van der Waals surface area (Å²) in [5, 5.41) is 0.623. The molecule has 1 aliphatic heterocycles. The number of carbonyl (C=O) groups excluding carboxylic acids is 2. The summed E-state index contributed by atoms with van der Waals surface area (Å²) in [6, 6.07) is 7.07. The van der Waals surface area contributed by atoms with E-state index in [1.54, 1.807) is 24.3 Å². The van der Waals surface area contributed by atoms with Crippen molar-refractivity contribution < 1.29 is 14.3 Å². The number of imide groups is 1. The zero-order chi connectivity index (χ0) is 13.1. The zero-order valence-corrected chi connectivity index (χ0v) is 11.6. The first-order valence-corrected chi connectivity index (χ1v) is 5.96. The molecule has 1 saturated heterocycles. The predicted octanol–water partition coefficient (Wildman–Crippen LogP) is 1.61. The van der Waals surface area contributed by atoms with Crippen molar-refractivity contribution >= 4 is 36.0 Å². The molecule has 7 heteroatoms. The van der Waals surface area contributed by atoms with Crippen molar-refractivity contribution in [3.05, 3.63) is 34.9 Å². The van der Waals surface area contributed by atoms with Crippen molar-refractivity contribution in [1.29, 1.82) is 0 Å². The average Bonchev–Trinajstić information content (AvgIpc) is 2.60. The van der Waals surface area contributed by atoms with Crippen LogP contribution >= 0.6 is 24.0 Å². The van der Waals surface area contributed by atoms with Gasteiger partial charge in [-0.1, -0.05) is 23.7 Å². The largest absolute Gasteiger partial charge is 0.435 e. The molecular weight excluding hydrogens is 291 g/mol. The van der Waals surface area contributed by atoms with E-state index in [1.165, 1.54) is 0 Å². The lowest BCUT2D eigenvalue weighted by atomic mass is 10.1. The average molecular weight is 305 g/mol. The highest BCUT2D eigenvalue weighted by Crippen LogP contribution is 2.18. The molecule has 0 bridgehead atoms. The maximum atomic E-state index is 11.9. The lowest BCUT2D eigenvalue weighted by Crippen LogP contribution is -2.36. The van der Waals surface area contributed by atoms with E-state index in [0.717, 1.165) is 10.5 Å². The van der Waals surface area contributed by atoms with E-state index in [-0.39, 0.29) is 31.4 Å². The molecule has 1 aliphatic rings. The molecule has 5 nitrogen and oxygen atoms in total. The van der Waals surface area contributed by atoms with Gasteiger partial charge in [-0.3, -0.25) is 4.79 Å². The lowest BCUT2D eigenvalue weighted by molar-refractivity contribution is -0.129. The molecule has 1 fully saturated rings. The van der Waals surface area contributed by atoms with Crippen LogP contribution in [0.2, 0.25) is 5.02 Å². The fourth-order valence-corrected chi connectivity index (χ4v) is 1.92. The van der Waals surface area contributed by atoms with Gasteiger partial charge in [0.15, 0.2) is 6.10 Å². The van der Waals surface area contributed by atoms with Gasteiger partial charge in [-0.2, -0.15) is 0 Å². The highest BCUT2D eigenvalue weighted by molar-refractivity contribution is 6.30. The van der Waals surface area contributed by atoms with Crippen molar-refractivity contribution in [2.75, 3.05) is 13.1 Å². The van der Waals surface area contributed by atoms with Crippen LogP contribution in [0.4, 0.5) is 4.79 Å². The fourth-order valence-electron chi connectivity index (χ4n) is 1.79. The van der Waals surface area contributed by atoms with Gasteiger partial charge in [0.25, 0.3) is 5.91 Å². The monoisotopic (exact) mass is 304 g/mol. The smallest absolute Gasteiger partial charge is 0.417 e. The van der Waals surface area contributed by atoms with Gasteiger partial charge in [0.1, 0.15) is 0 Å². The van der Waals surface area contributed by atoms with Gasteiger partial charge in [0.2, 0.25) is 0 Å². The normalized spacial score (nSPS) is 18.2. The summed E-state index contributed by atoms with van der Waals surface area (Å²) < 4.78 is 5.02. The van der Waals surface area contributed by atoms with E-state index < -0.39 is 12.2 Å². The molecule has 19 heavy (non-hydrogen) atoms. The molecule has 1 atom stereocenters. The number of cyclic esters (lactones) is 1. The van der Waals surface area contributed by atoms with Crippen LogP contribution in [0, 0.1) is 0 Å². The first-order valence-electron chi connectivity index (χ1n) is 5.58. The molecule has 2 N–H and O–H groups in total. The van der Waals surface area contributed by atoms with Crippen LogP contribution in [-0.2, 0) is 16.0 Å². The number of halogens is 2. The molecule has 0 spiro atoms. The molecule has 0 aliphatic carbocycles. The molecule has 0 saturated carbocycles. The van der Waals surface area contributed by atoms with Crippen molar-refractivity contribution in [2.24, 2.45) is 5.73 Å². The molecule has 2 amide bonds. The summed E-state index contributed by atoms with van der Waals surface area (Å²) in [5.41, 5.74) is 6.22. The molecule has 104 valence electrons.